The van der Waals surface area contributed by atoms with Crippen LogP contribution in [0.5, 0.6) is 0 Å². The molecule has 2 aliphatic rings. The topological polar surface area (TPSA) is 83.8 Å². The van der Waals surface area contributed by atoms with Gasteiger partial charge < -0.3 is 19.9 Å². The molecule has 2 fully saturated rings. The van der Waals surface area contributed by atoms with E-state index in [0.29, 0.717) is 55.7 Å². The standard InChI is InChI=1S/C19H20FN5O3S/c20-16-2-1-3-17(22-16)23-10-8-19(9-11-23)24(12-13-28-19)18(29)21-14-4-6-15(7-5-14)25(26)27/h1-7H,8-13H2,(H,21,29). The highest BCUT2D eigenvalue weighted by Crippen LogP contribution is 2.36. The number of rotatable bonds is 3. The smallest absolute Gasteiger partial charge is 0.269 e. The molecule has 2 aliphatic heterocycles. The van der Waals surface area contributed by atoms with E-state index in [9.17, 15) is 14.5 Å². The van der Waals surface area contributed by atoms with Crippen LogP contribution in [0.3, 0.4) is 0 Å². The first-order valence-corrected chi connectivity index (χ1v) is 9.72. The maximum absolute atomic E-state index is 13.4. The highest BCUT2D eigenvalue weighted by atomic mass is 32.1. The largest absolute Gasteiger partial charge is 0.356 e. The number of pyridine rings is 1. The zero-order chi connectivity index (χ0) is 20.4. The van der Waals surface area contributed by atoms with Gasteiger partial charge in [-0.25, -0.2) is 4.98 Å². The van der Waals surface area contributed by atoms with E-state index in [1.165, 1.54) is 18.2 Å². The molecule has 10 heteroatoms. The number of nitrogens with one attached hydrogen (secondary N) is 1. The van der Waals surface area contributed by atoms with Gasteiger partial charge in [-0.2, -0.15) is 4.39 Å². The molecule has 0 atom stereocenters. The molecule has 152 valence electrons. The summed E-state index contributed by atoms with van der Waals surface area (Å²) in [6.45, 7) is 2.58. The van der Waals surface area contributed by atoms with Crippen LogP contribution in [0.15, 0.2) is 42.5 Å². The number of piperidine rings is 1. The molecule has 0 radical (unpaired) electrons. The van der Waals surface area contributed by atoms with Gasteiger partial charge in [-0.3, -0.25) is 10.1 Å². The third-order valence-corrected chi connectivity index (χ3v) is 5.64. The van der Waals surface area contributed by atoms with Gasteiger partial charge >= 0.3 is 0 Å². The van der Waals surface area contributed by atoms with Gasteiger partial charge in [0.25, 0.3) is 5.69 Å². The monoisotopic (exact) mass is 417 g/mol. The van der Waals surface area contributed by atoms with Crippen molar-refractivity contribution in [2.45, 2.75) is 18.6 Å². The average molecular weight is 417 g/mol. The number of nitro benzene ring substituents is 1. The van der Waals surface area contributed by atoms with E-state index in [1.807, 2.05) is 9.80 Å². The molecule has 4 rings (SSSR count). The Kier molecular flexibility index (Phi) is 5.29. The van der Waals surface area contributed by atoms with Crippen molar-refractivity contribution in [2.24, 2.45) is 0 Å². The molecule has 0 saturated carbocycles. The number of hydrogen-bond donors (Lipinski definition) is 1. The van der Waals surface area contributed by atoms with Crippen molar-refractivity contribution < 1.29 is 14.1 Å². The molecule has 1 N–H and O–H groups in total. The molecule has 2 aromatic rings. The lowest BCUT2D eigenvalue weighted by atomic mass is 9.99. The molecule has 2 saturated heterocycles. The number of thiocarbonyl (C=S) groups is 1. The van der Waals surface area contributed by atoms with Crippen LogP contribution in [0.25, 0.3) is 0 Å². The van der Waals surface area contributed by atoms with Crippen LogP contribution in [0.2, 0.25) is 0 Å². The average Bonchev–Trinajstić information content (AvgIpc) is 3.12. The molecule has 0 unspecified atom stereocenters. The summed E-state index contributed by atoms with van der Waals surface area (Å²) in [5, 5.41) is 14.5. The minimum atomic E-state index is -0.505. The van der Waals surface area contributed by atoms with Crippen LogP contribution >= 0.6 is 12.2 Å². The zero-order valence-corrected chi connectivity index (χ0v) is 16.4. The Labute approximate surface area is 172 Å². The van der Waals surface area contributed by atoms with Crippen molar-refractivity contribution in [3.05, 3.63) is 58.5 Å². The number of non-ortho nitro benzene ring substituents is 1. The van der Waals surface area contributed by atoms with E-state index in [-0.39, 0.29) is 5.69 Å². The van der Waals surface area contributed by atoms with Gasteiger partial charge in [0.15, 0.2) is 5.11 Å². The van der Waals surface area contributed by atoms with Gasteiger partial charge in [-0.15, -0.1) is 0 Å². The molecule has 0 amide bonds. The molecule has 3 heterocycles. The summed E-state index contributed by atoms with van der Waals surface area (Å²) >= 11 is 5.60. The second-order valence-electron chi connectivity index (χ2n) is 6.99. The van der Waals surface area contributed by atoms with Gasteiger partial charge in [0.2, 0.25) is 5.95 Å². The second-order valence-corrected chi connectivity index (χ2v) is 7.37. The highest BCUT2D eigenvalue weighted by molar-refractivity contribution is 7.80. The number of halogens is 1. The Morgan fingerprint density at radius 2 is 1.93 bits per heavy atom. The second kappa shape index (κ2) is 7.88. The van der Waals surface area contributed by atoms with Crippen molar-refractivity contribution in [1.82, 2.24) is 9.88 Å². The number of aromatic nitrogens is 1. The predicted molar refractivity (Wildman–Crippen MR) is 110 cm³/mol. The molecule has 8 nitrogen and oxygen atoms in total. The molecule has 1 aromatic carbocycles. The fourth-order valence-corrected chi connectivity index (χ4v) is 4.20. The van der Waals surface area contributed by atoms with Crippen molar-refractivity contribution in [3.63, 3.8) is 0 Å². The Bertz CT molecular complexity index is 918. The van der Waals surface area contributed by atoms with E-state index >= 15 is 0 Å². The van der Waals surface area contributed by atoms with E-state index in [1.54, 1.807) is 24.3 Å². The van der Waals surface area contributed by atoms with Gasteiger partial charge in [-0.1, -0.05) is 6.07 Å². The van der Waals surface area contributed by atoms with Crippen molar-refractivity contribution in [1.29, 1.82) is 0 Å². The van der Waals surface area contributed by atoms with E-state index in [4.69, 9.17) is 17.0 Å². The Balaban J connectivity index is 1.42. The van der Waals surface area contributed by atoms with Crippen LogP contribution in [-0.4, -0.2) is 51.9 Å². The van der Waals surface area contributed by atoms with Gasteiger partial charge in [0.1, 0.15) is 11.5 Å². The maximum atomic E-state index is 13.4. The molecule has 0 aliphatic carbocycles. The minimum Gasteiger partial charge on any atom is -0.356 e. The summed E-state index contributed by atoms with van der Waals surface area (Å²) in [6, 6.07) is 10.9. The number of ether oxygens (including phenoxy) is 1. The van der Waals surface area contributed by atoms with Crippen molar-refractivity contribution in [2.75, 3.05) is 36.5 Å². The zero-order valence-electron chi connectivity index (χ0n) is 15.6. The fraction of sp³-hybridized carbons (Fsp3) is 0.368. The SMILES string of the molecule is O=[N+]([O-])c1ccc(NC(=S)N2CCOC23CCN(c2cccc(F)n2)CC3)cc1. The fourth-order valence-electron chi connectivity index (χ4n) is 3.83. The molecule has 1 aromatic heterocycles. The van der Waals surface area contributed by atoms with Crippen LogP contribution in [0.4, 0.5) is 21.6 Å². The quantitative estimate of drug-likeness (QED) is 0.353. The van der Waals surface area contributed by atoms with Crippen LogP contribution < -0.4 is 10.2 Å². The van der Waals surface area contributed by atoms with E-state index in [2.05, 4.69) is 10.3 Å². The lowest BCUT2D eigenvalue weighted by molar-refractivity contribution is -0.384. The Morgan fingerprint density at radius 1 is 1.21 bits per heavy atom. The summed E-state index contributed by atoms with van der Waals surface area (Å²) in [5.74, 6) is 0.131. The number of hydrogen-bond acceptors (Lipinski definition) is 6. The highest BCUT2D eigenvalue weighted by Gasteiger charge is 2.46. The molecule has 1 spiro atoms. The van der Waals surface area contributed by atoms with E-state index < -0.39 is 16.6 Å². The normalized spacial score (nSPS) is 18.1. The summed E-state index contributed by atoms with van der Waals surface area (Å²) < 4.78 is 19.5. The summed E-state index contributed by atoms with van der Waals surface area (Å²) in [5.41, 5.74) is 0.208. The molecular formula is C19H20FN5O3S. The molecule has 29 heavy (non-hydrogen) atoms. The Hall–Kier alpha value is -2.85. The minimum absolute atomic E-state index is 0.0285. The summed E-state index contributed by atoms with van der Waals surface area (Å²) in [6.07, 6.45) is 1.40. The van der Waals surface area contributed by atoms with Crippen molar-refractivity contribution >= 4 is 34.5 Å². The third-order valence-electron chi connectivity index (χ3n) is 5.32. The van der Waals surface area contributed by atoms with Gasteiger partial charge in [0, 0.05) is 50.3 Å². The van der Waals surface area contributed by atoms with Crippen LogP contribution in [0.1, 0.15) is 12.8 Å². The molecular weight excluding hydrogens is 397 g/mol. The first kappa shape index (κ1) is 19.5. The summed E-state index contributed by atoms with van der Waals surface area (Å²) in [4.78, 5) is 18.4. The summed E-state index contributed by atoms with van der Waals surface area (Å²) in [7, 11) is 0. The van der Waals surface area contributed by atoms with E-state index in [0.717, 1.165) is 0 Å². The Morgan fingerprint density at radius 3 is 2.59 bits per heavy atom. The maximum Gasteiger partial charge on any atom is 0.269 e. The van der Waals surface area contributed by atoms with Crippen LogP contribution in [-0.2, 0) is 4.74 Å². The van der Waals surface area contributed by atoms with Gasteiger partial charge in [0.05, 0.1) is 11.5 Å². The van der Waals surface area contributed by atoms with Crippen molar-refractivity contribution in [3.8, 4) is 0 Å². The third kappa shape index (κ3) is 3.99. The lowest BCUT2D eigenvalue weighted by Crippen LogP contribution is -2.56. The number of nitrogens with zero attached hydrogens (tertiary/aromatic N) is 4. The molecule has 0 bridgehead atoms. The van der Waals surface area contributed by atoms with Crippen LogP contribution in [0, 0.1) is 16.1 Å². The lowest BCUT2D eigenvalue weighted by Gasteiger charge is -2.44. The first-order valence-electron chi connectivity index (χ1n) is 9.31. The predicted octanol–water partition coefficient (Wildman–Crippen LogP) is 3.15. The first-order chi connectivity index (χ1) is 14.0. The number of nitro groups is 1. The van der Waals surface area contributed by atoms with Gasteiger partial charge in [-0.05, 0) is 36.5 Å². The number of benzene rings is 1. The number of anilines is 2.